The number of methoxy groups -OCH3 is 1. The highest BCUT2D eigenvalue weighted by molar-refractivity contribution is 5.84. The number of carbonyl (C=O) groups excluding carboxylic acids is 1. The number of benzene rings is 1. The highest BCUT2D eigenvalue weighted by Gasteiger charge is 2.18. The van der Waals surface area contributed by atoms with Crippen LogP contribution in [0.2, 0.25) is 0 Å². The number of nitrogens with one attached hydrogen (secondary N) is 2. The first-order valence-corrected chi connectivity index (χ1v) is 5.60. The number of anilines is 1. The molecule has 92 valence electrons. The van der Waals surface area contributed by atoms with Crippen molar-refractivity contribution in [1.82, 2.24) is 5.32 Å². The van der Waals surface area contributed by atoms with Gasteiger partial charge in [-0.25, -0.2) is 4.79 Å². The van der Waals surface area contributed by atoms with Gasteiger partial charge in [0.05, 0.1) is 7.11 Å². The van der Waals surface area contributed by atoms with Crippen LogP contribution in [-0.2, 0) is 4.74 Å². The van der Waals surface area contributed by atoms with Gasteiger partial charge in [-0.15, -0.1) is 0 Å². The largest absolute Gasteiger partial charge is 0.497 e. The molecule has 0 bridgehead atoms. The molecule has 1 aliphatic rings. The third-order valence-corrected chi connectivity index (χ3v) is 2.60. The van der Waals surface area contributed by atoms with Crippen molar-refractivity contribution >= 4 is 11.8 Å². The molecule has 0 spiro atoms. The standard InChI is InChI=1S/C12H16N2O3/c1-16-10-4-2-3-9(7-10)14-12(15)17-11-5-6-13-8-11/h2-4,7,11,13H,5-6,8H2,1H3,(H,14,15). The lowest BCUT2D eigenvalue weighted by Crippen LogP contribution is -2.24. The quantitative estimate of drug-likeness (QED) is 0.837. The Morgan fingerprint density at radius 1 is 1.53 bits per heavy atom. The molecule has 5 heteroatoms. The Balaban J connectivity index is 1.88. The zero-order chi connectivity index (χ0) is 12.1. The minimum Gasteiger partial charge on any atom is -0.497 e. The second kappa shape index (κ2) is 5.54. The molecule has 1 atom stereocenters. The lowest BCUT2D eigenvalue weighted by Gasteiger charge is -2.12. The van der Waals surface area contributed by atoms with Crippen molar-refractivity contribution in [3.8, 4) is 5.75 Å². The van der Waals surface area contributed by atoms with Crippen LogP contribution in [0.5, 0.6) is 5.75 Å². The van der Waals surface area contributed by atoms with Crippen molar-refractivity contribution in [2.45, 2.75) is 12.5 Å². The Kier molecular flexibility index (Phi) is 3.82. The van der Waals surface area contributed by atoms with Crippen molar-refractivity contribution in [2.24, 2.45) is 0 Å². The van der Waals surface area contributed by atoms with E-state index >= 15 is 0 Å². The van der Waals surface area contributed by atoms with E-state index in [0.29, 0.717) is 11.4 Å². The summed E-state index contributed by atoms with van der Waals surface area (Å²) in [6, 6.07) is 7.16. The molecule has 1 unspecified atom stereocenters. The number of hydrogen-bond donors (Lipinski definition) is 2. The van der Waals surface area contributed by atoms with Crippen LogP contribution in [0.25, 0.3) is 0 Å². The Morgan fingerprint density at radius 3 is 3.12 bits per heavy atom. The molecule has 0 aliphatic carbocycles. The zero-order valence-corrected chi connectivity index (χ0v) is 9.73. The van der Waals surface area contributed by atoms with Gasteiger partial charge >= 0.3 is 6.09 Å². The second-order valence-corrected chi connectivity index (χ2v) is 3.88. The molecule has 2 N–H and O–H groups in total. The lowest BCUT2D eigenvalue weighted by molar-refractivity contribution is 0.121. The summed E-state index contributed by atoms with van der Waals surface area (Å²) in [5, 5.41) is 5.81. The molecule has 1 aromatic rings. The van der Waals surface area contributed by atoms with Crippen molar-refractivity contribution in [3.63, 3.8) is 0 Å². The van der Waals surface area contributed by atoms with E-state index in [-0.39, 0.29) is 6.10 Å². The van der Waals surface area contributed by atoms with Crippen LogP contribution in [0.1, 0.15) is 6.42 Å². The van der Waals surface area contributed by atoms with Crippen molar-refractivity contribution in [1.29, 1.82) is 0 Å². The first-order chi connectivity index (χ1) is 8.28. The summed E-state index contributed by atoms with van der Waals surface area (Å²) >= 11 is 0. The first kappa shape index (κ1) is 11.7. The van der Waals surface area contributed by atoms with Crippen molar-refractivity contribution in [2.75, 3.05) is 25.5 Å². The van der Waals surface area contributed by atoms with Gasteiger partial charge in [0, 0.05) is 18.3 Å². The van der Waals surface area contributed by atoms with E-state index in [9.17, 15) is 4.79 Å². The van der Waals surface area contributed by atoms with Crippen LogP contribution < -0.4 is 15.4 Å². The van der Waals surface area contributed by atoms with Gasteiger partial charge in [-0.3, -0.25) is 5.32 Å². The molecule has 0 radical (unpaired) electrons. The van der Waals surface area contributed by atoms with Gasteiger partial charge in [-0.1, -0.05) is 6.07 Å². The van der Waals surface area contributed by atoms with Crippen LogP contribution in [0.15, 0.2) is 24.3 Å². The van der Waals surface area contributed by atoms with Crippen LogP contribution in [-0.4, -0.2) is 32.4 Å². The molecule has 17 heavy (non-hydrogen) atoms. The third-order valence-electron chi connectivity index (χ3n) is 2.60. The summed E-state index contributed by atoms with van der Waals surface area (Å²) in [6.07, 6.45) is 0.415. The fourth-order valence-electron chi connectivity index (χ4n) is 1.73. The predicted octanol–water partition coefficient (Wildman–Crippen LogP) is 1.61. The minimum absolute atomic E-state index is 0.0272. The maximum Gasteiger partial charge on any atom is 0.411 e. The summed E-state index contributed by atoms with van der Waals surface area (Å²) in [7, 11) is 1.58. The SMILES string of the molecule is COc1cccc(NC(=O)OC2CCNC2)c1. The van der Waals surface area contributed by atoms with E-state index in [1.54, 1.807) is 19.2 Å². The number of amides is 1. The average molecular weight is 236 g/mol. The van der Waals surface area contributed by atoms with Crippen LogP contribution in [0, 0.1) is 0 Å². The average Bonchev–Trinajstić information content (AvgIpc) is 2.82. The van der Waals surface area contributed by atoms with Gasteiger partial charge in [0.25, 0.3) is 0 Å². The predicted molar refractivity (Wildman–Crippen MR) is 64.4 cm³/mol. The Morgan fingerprint density at radius 2 is 2.41 bits per heavy atom. The van der Waals surface area contributed by atoms with Crippen LogP contribution in [0.3, 0.4) is 0 Å². The van der Waals surface area contributed by atoms with Gasteiger partial charge in [-0.2, -0.15) is 0 Å². The van der Waals surface area contributed by atoms with E-state index in [1.807, 2.05) is 12.1 Å². The Hall–Kier alpha value is -1.75. The van der Waals surface area contributed by atoms with Gasteiger partial charge in [0.2, 0.25) is 0 Å². The fraction of sp³-hybridized carbons (Fsp3) is 0.417. The lowest BCUT2D eigenvalue weighted by atomic mass is 10.3. The molecule has 0 saturated carbocycles. The normalized spacial score (nSPS) is 18.8. The number of ether oxygens (including phenoxy) is 2. The molecule has 1 heterocycles. The summed E-state index contributed by atoms with van der Waals surface area (Å²) < 4.78 is 10.3. The summed E-state index contributed by atoms with van der Waals surface area (Å²) in [5.74, 6) is 0.699. The van der Waals surface area contributed by atoms with Gasteiger partial charge in [-0.05, 0) is 25.1 Å². The van der Waals surface area contributed by atoms with E-state index < -0.39 is 6.09 Å². The molecule has 5 nitrogen and oxygen atoms in total. The highest BCUT2D eigenvalue weighted by atomic mass is 16.6. The van der Waals surface area contributed by atoms with E-state index in [0.717, 1.165) is 19.5 Å². The maximum atomic E-state index is 11.6. The zero-order valence-electron chi connectivity index (χ0n) is 9.73. The first-order valence-electron chi connectivity index (χ1n) is 5.60. The van der Waals surface area contributed by atoms with Gasteiger partial charge < -0.3 is 14.8 Å². The molecule has 1 saturated heterocycles. The van der Waals surface area contributed by atoms with Crippen LogP contribution in [0.4, 0.5) is 10.5 Å². The maximum absolute atomic E-state index is 11.6. The summed E-state index contributed by atoms with van der Waals surface area (Å²) in [6.45, 7) is 1.63. The molecule has 1 fully saturated rings. The fourth-order valence-corrected chi connectivity index (χ4v) is 1.73. The van der Waals surface area contributed by atoms with E-state index in [2.05, 4.69) is 10.6 Å². The molecular weight excluding hydrogens is 220 g/mol. The highest BCUT2D eigenvalue weighted by Crippen LogP contribution is 2.17. The van der Waals surface area contributed by atoms with Gasteiger partial charge in [0.1, 0.15) is 11.9 Å². The minimum atomic E-state index is -0.424. The smallest absolute Gasteiger partial charge is 0.411 e. The molecule has 1 amide bonds. The molecule has 1 aliphatic heterocycles. The van der Waals surface area contributed by atoms with E-state index in [1.165, 1.54) is 0 Å². The molecule has 0 aromatic heterocycles. The number of carbonyl (C=O) groups is 1. The molecular formula is C12H16N2O3. The number of hydrogen-bond acceptors (Lipinski definition) is 4. The molecule has 2 rings (SSSR count). The van der Waals surface area contributed by atoms with Gasteiger partial charge in [0.15, 0.2) is 0 Å². The third kappa shape index (κ3) is 3.35. The van der Waals surface area contributed by atoms with Crippen molar-refractivity contribution in [3.05, 3.63) is 24.3 Å². The monoisotopic (exact) mass is 236 g/mol. The summed E-state index contributed by atoms with van der Waals surface area (Å²) in [5.41, 5.74) is 0.667. The Labute approximate surface area is 100 Å². The van der Waals surface area contributed by atoms with Crippen LogP contribution >= 0.6 is 0 Å². The van der Waals surface area contributed by atoms with Crippen molar-refractivity contribution < 1.29 is 14.3 Å². The Bertz CT molecular complexity index is 389. The topological polar surface area (TPSA) is 59.6 Å². The molecule has 1 aromatic carbocycles. The van der Waals surface area contributed by atoms with E-state index in [4.69, 9.17) is 9.47 Å². The number of rotatable bonds is 3. The second-order valence-electron chi connectivity index (χ2n) is 3.88. The summed E-state index contributed by atoms with van der Waals surface area (Å²) in [4.78, 5) is 11.6.